The van der Waals surface area contributed by atoms with Gasteiger partial charge in [-0.25, -0.2) is 9.48 Å². The van der Waals surface area contributed by atoms with Crippen LogP contribution >= 0.6 is 0 Å². The Balaban J connectivity index is 1.22. The Bertz CT molecular complexity index is 1360. The lowest BCUT2D eigenvalue weighted by Crippen LogP contribution is -2.26. The van der Waals surface area contributed by atoms with Crippen LogP contribution in [0.25, 0.3) is 22.2 Å². The van der Waals surface area contributed by atoms with Crippen LogP contribution < -0.4 is 10.1 Å². The zero-order valence-electron chi connectivity index (χ0n) is 22.2. The van der Waals surface area contributed by atoms with Crippen molar-refractivity contribution >= 4 is 17.0 Å². The maximum Gasteiger partial charge on any atom is 0.407 e. The number of carbonyl (C=O) groups is 1. The maximum absolute atomic E-state index is 11.9. The van der Waals surface area contributed by atoms with Gasteiger partial charge in [0.05, 0.1) is 31.0 Å². The van der Waals surface area contributed by atoms with Gasteiger partial charge in [-0.15, -0.1) is 0 Å². The zero-order valence-corrected chi connectivity index (χ0v) is 22.2. The van der Waals surface area contributed by atoms with Crippen molar-refractivity contribution in [1.29, 1.82) is 0 Å². The van der Waals surface area contributed by atoms with E-state index in [4.69, 9.17) is 19.3 Å². The van der Waals surface area contributed by atoms with E-state index in [1.54, 1.807) is 17.8 Å². The average Bonchev–Trinajstić information content (AvgIpc) is 3.56. The molecule has 1 amide bonds. The van der Waals surface area contributed by atoms with Gasteiger partial charge in [-0.2, -0.15) is 10.2 Å². The fourth-order valence-electron chi connectivity index (χ4n) is 4.64. The van der Waals surface area contributed by atoms with Crippen molar-refractivity contribution in [2.75, 3.05) is 19.8 Å². The lowest BCUT2D eigenvalue weighted by Gasteiger charge is -2.23. The smallest absolute Gasteiger partial charge is 0.407 e. The van der Waals surface area contributed by atoms with Crippen molar-refractivity contribution < 1.29 is 24.1 Å². The second-order valence-electron chi connectivity index (χ2n) is 9.78. The fourth-order valence-corrected chi connectivity index (χ4v) is 4.64. The predicted molar refractivity (Wildman–Crippen MR) is 146 cm³/mol. The summed E-state index contributed by atoms with van der Waals surface area (Å²) in [5.41, 5.74) is 3.57. The number of alkyl carbamates (subject to hydrolysis) is 1. The van der Waals surface area contributed by atoms with Gasteiger partial charge in [0.2, 0.25) is 0 Å². The molecule has 2 aromatic carbocycles. The van der Waals surface area contributed by atoms with Gasteiger partial charge >= 0.3 is 6.09 Å². The largest absolute Gasteiger partial charge is 0.494 e. The molecule has 1 fully saturated rings. The van der Waals surface area contributed by atoms with E-state index >= 15 is 0 Å². The van der Waals surface area contributed by atoms with E-state index in [0.717, 1.165) is 59.3 Å². The second kappa shape index (κ2) is 12.8. The van der Waals surface area contributed by atoms with E-state index in [1.807, 2.05) is 59.4 Å². The zero-order chi connectivity index (χ0) is 27.0. The highest BCUT2D eigenvalue weighted by Crippen LogP contribution is 2.34. The van der Waals surface area contributed by atoms with Crippen LogP contribution in [0, 0.1) is 0 Å². The second-order valence-corrected chi connectivity index (χ2v) is 9.78. The van der Waals surface area contributed by atoms with Gasteiger partial charge in [-0.1, -0.05) is 30.3 Å². The molecule has 10 heteroatoms. The summed E-state index contributed by atoms with van der Waals surface area (Å²) in [5.74, 6) is 0.718. The predicted octanol–water partition coefficient (Wildman–Crippen LogP) is 4.68. The number of aliphatic hydroxyl groups is 1. The highest BCUT2D eigenvalue weighted by Gasteiger charge is 2.22. The molecule has 4 aromatic rings. The van der Waals surface area contributed by atoms with Gasteiger partial charge in [-0.3, -0.25) is 4.68 Å². The Labute approximate surface area is 227 Å². The lowest BCUT2D eigenvalue weighted by molar-refractivity contribution is -0.0365. The minimum absolute atomic E-state index is 0.109. The van der Waals surface area contributed by atoms with Crippen LogP contribution in [0.5, 0.6) is 5.75 Å². The van der Waals surface area contributed by atoms with Crippen molar-refractivity contribution in [2.45, 2.75) is 58.1 Å². The van der Waals surface area contributed by atoms with Crippen LogP contribution in [-0.2, 0) is 22.6 Å². The maximum atomic E-state index is 11.9. The molecule has 2 aromatic heterocycles. The molecular weight excluding hydrogens is 498 g/mol. The van der Waals surface area contributed by atoms with Gasteiger partial charge in [-0.05, 0) is 56.4 Å². The summed E-state index contributed by atoms with van der Waals surface area (Å²) < 4.78 is 21.0. The Morgan fingerprint density at radius 2 is 2.10 bits per heavy atom. The molecule has 10 nitrogen and oxygen atoms in total. The van der Waals surface area contributed by atoms with E-state index < -0.39 is 12.2 Å². The van der Waals surface area contributed by atoms with Gasteiger partial charge in [0.25, 0.3) is 0 Å². The first-order valence-corrected chi connectivity index (χ1v) is 13.5. The Kier molecular flexibility index (Phi) is 8.75. The molecule has 1 aliphatic rings. The molecule has 0 saturated carbocycles. The Morgan fingerprint density at radius 3 is 2.90 bits per heavy atom. The highest BCUT2D eigenvalue weighted by atomic mass is 16.5. The van der Waals surface area contributed by atoms with Crippen LogP contribution in [0.15, 0.2) is 60.9 Å². The number of nitrogens with one attached hydrogen (secondary N) is 1. The molecule has 0 bridgehead atoms. The summed E-state index contributed by atoms with van der Waals surface area (Å²) in [7, 11) is 0. The third-order valence-electron chi connectivity index (χ3n) is 6.54. The van der Waals surface area contributed by atoms with Crippen molar-refractivity contribution in [3.05, 3.63) is 66.5 Å². The standard InChI is InChI=1S/C29H35N5O5/c1-21(35)18-33-19-23(17-31-33)28-25-16-24(11-12-26(25)34(32-28)27-10-5-6-14-38-27)37-15-7-13-30-29(36)39-20-22-8-3-2-4-9-22/h2-4,8-9,11-12,16-17,19,21,27,35H,5-7,10,13-15,18,20H2,1H3,(H,30,36). The van der Waals surface area contributed by atoms with E-state index in [-0.39, 0.29) is 12.8 Å². The quantitative estimate of drug-likeness (QED) is 0.269. The molecule has 0 spiro atoms. The molecule has 2 N–H and O–H groups in total. The first-order valence-electron chi connectivity index (χ1n) is 13.5. The number of hydrogen-bond acceptors (Lipinski definition) is 7. The third-order valence-corrected chi connectivity index (χ3v) is 6.54. The van der Waals surface area contributed by atoms with Crippen molar-refractivity contribution in [3.63, 3.8) is 0 Å². The van der Waals surface area contributed by atoms with Crippen molar-refractivity contribution in [3.8, 4) is 17.0 Å². The summed E-state index contributed by atoms with van der Waals surface area (Å²) in [4.78, 5) is 11.9. The molecule has 1 saturated heterocycles. The minimum Gasteiger partial charge on any atom is -0.494 e. The van der Waals surface area contributed by atoms with Crippen LogP contribution in [0.1, 0.15) is 44.4 Å². The van der Waals surface area contributed by atoms with Gasteiger partial charge in [0.1, 0.15) is 18.1 Å². The Hall–Kier alpha value is -3.89. The molecule has 0 aliphatic carbocycles. The number of fused-ring (bicyclic) bond motifs is 1. The number of hydrogen-bond donors (Lipinski definition) is 2. The first kappa shape index (κ1) is 26.7. The number of aliphatic hydroxyl groups excluding tert-OH is 1. The van der Waals surface area contributed by atoms with Crippen LogP contribution in [-0.4, -0.2) is 56.6 Å². The van der Waals surface area contributed by atoms with Crippen molar-refractivity contribution in [2.24, 2.45) is 0 Å². The summed E-state index contributed by atoms with van der Waals surface area (Å²) >= 11 is 0. The fraction of sp³-hybridized carbons (Fsp3) is 0.414. The molecule has 5 rings (SSSR count). The Morgan fingerprint density at radius 1 is 1.23 bits per heavy atom. The lowest BCUT2D eigenvalue weighted by atomic mass is 10.1. The topological polar surface area (TPSA) is 113 Å². The number of rotatable bonds is 11. The number of benzene rings is 2. The molecule has 0 radical (unpaired) electrons. The average molecular weight is 534 g/mol. The number of nitrogens with zero attached hydrogens (tertiary/aromatic N) is 4. The molecular formula is C29H35N5O5. The van der Waals surface area contributed by atoms with E-state index in [0.29, 0.717) is 26.1 Å². The molecule has 2 unspecified atom stereocenters. The van der Waals surface area contributed by atoms with E-state index in [9.17, 15) is 9.90 Å². The summed E-state index contributed by atoms with van der Waals surface area (Å²) in [6.07, 6.45) is 6.32. The van der Waals surface area contributed by atoms with Crippen LogP contribution in [0.2, 0.25) is 0 Å². The summed E-state index contributed by atoms with van der Waals surface area (Å²) in [6.45, 7) is 3.99. The number of carbonyl (C=O) groups excluding carboxylic acids is 1. The molecule has 3 heterocycles. The number of aromatic nitrogens is 4. The SMILES string of the molecule is CC(O)Cn1cc(-c2nn(C3CCCCO3)c3ccc(OCCCNC(=O)OCc4ccccc4)cc23)cn1. The third kappa shape index (κ3) is 6.96. The first-order chi connectivity index (χ1) is 19.1. The summed E-state index contributed by atoms with van der Waals surface area (Å²) in [6, 6.07) is 15.5. The van der Waals surface area contributed by atoms with Gasteiger partial charge in [0, 0.05) is 30.3 Å². The molecule has 2 atom stereocenters. The summed E-state index contributed by atoms with van der Waals surface area (Å²) in [5, 5.41) is 22.8. The van der Waals surface area contributed by atoms with Crippen LogP contribution in [0.4, 0.5) is 4.79 Å². The van der Waals surface area contributed by atoms with Crippen LogP contribution in [0.3, 0.4) is 0 Å². The number of ether oxygens (including phenoxy) is 3. The van der Waals surface area contributed by atoms with Gasteiger partial charge in [0.15, 0.2) is 6.23 Å². The molecule has 39 heavy (non-hydrogen) atoms. The molecule has 206 valence electrons. The molecule has 1 aliphatic heterocycles. The van der Waals surface area contributed by atoms with E-state index in [2.05, 4.69) is 10.4 Å². The number of amides is 1. The highest BCUT2D eigenvalue weighted by molar-refractivity contribution is 5.94. The van der Waals surface area contributed by atoms with Gasteiger partial charge < -0.3 is 24.6 Å². The normalized spacial score (nSPS) is 16.2. The monoisotopic (exact) mass is 533 g/mol. The van der Waals surface area contributed by atoms with E-state index in [1.165, 1.54) is 0 Å². The van der Waals surface area contributed by atoms with Crippen molar-refractivity contribution in [1.82, 2.24) is 24.9 Å². The minimum atomic E-state index is -0.497.